The molecular weight excluding hydrogens is 404 g/mol. The Morgan fingerprint density at radius 2 is 1.84 bits per heavy atom. The SMILES string of the molecule is COc1ccc(C2CCCN2C(=O)CN(Cc2ccccc2)Cc2ccco2)cc1OC. The molecule has 1 atom stereocenters. The molecular formula is C26H30N2O4. The minimum absolute atomic E-state index is 0.0458. The molecule has 0 spiro atoms. The van der Waals surface area contributed by atoms with Crippen molar-refractivity contribution < 1.29 is 18.7 Å². The minimum Gasteiger partial charge on any atom is -0.493 e. The fourth-order valence-corrected chi connectivity index (χ4v) is 4.39. The molecule has 1 aliphatic rings. The fourth-order valence-electron chi connectivity index (χ4n) is 4.39. The van der Waals surface area contributed by atoms with E-state index in [0.717, 1.165) is 30.7 Å². The number of nitrogens with zero attached hydrogens (tertiary/aromatic N) is 2. The molecule has 1 aliphatic heterocycles. The van der Waals surface area contributed by atoms with Crippen LogP contribution < -0.4 is 9.47 Å². The van der Waals surface area contributed by atoms with E-state index < -0.39 is 0 Å². The molecule has 0 radical (unpaired) electrons. The zero-order valence-electron chi connectivity index (χ0n) is 18.7. The molecule has 168 valence electrons. The number of hydrogen-bond acceptors (Lipinski definition) is 5. The van der Waals surface area contributed by atoms with E-state index in [9.17, 15) is 4.79 Å². The van der Waals surface area contributed by atoms with Gasteiger partial charge < -0.3 is 18.8 Å². The summed E-state index contributed by atoms with van der Waals surface area (Å²) in [6.45, 7) is 2.36. The van der Waals surface area contributed by atoms with E-state index in [-0.39, 0.29) is 11.9 Å². The van der Waals surface area contributed by atoms with Gasteiger partial charge in [0.15, 0.2) is 11.5 Å². The number of ether oxygens (including phenoxy) is 2. The van der Waals surface area contributed by atoms with Gasteiger partial charge >= 0.3 is 0 Å². The van der Waals surface area contributed by atoms with Crippen LogP contribution in [-0.4, -0.2) is 43.0 Å². The van der Waals surface area contributed by atoms with Crippen LogP contribution in [0.15, 0.2) is 71.3 Å². The van der Waals surface area contributed by atoms with Gasteiger partial charge in [-0.15, -0.1) is 0 Å². The zero-order chi connectivity index (χ0) is 22.3. The van der Waals surface area contributed by atoms with Gasteiger partial charge in [-0.1, -0.05) is 36.4 Å². The van der Waals surface area contributed by atoms with Gasteiger partial charge in [0.25, 0.3) is 0 Å². The van der Waals surface area contributed by atoms with Crippen molar-refractivity contribution in [3.8, 4) is 11.5 Å². The first-order valence-electron chi connectivity index (χ1n) is 11.0. The summed E-state index contributed by atoms with van der Waals surface area (Å²) in [5.41, 5.74) is 2.25. The average Bonchev–Trinajstić information content (AvgIpc) is 3.51. The summed E-state index contributed by atoms with van der Waals surface area (Å²) in [4.78, 5) is 17.6. The van der Waals surface area contributed by atoms with Crippen molar-refractivity contribution in [2.45, 2.75) is 32.0 Å². The molecule has 1 saturated heterocycles. The number of amides is 1. The maximum atomic E-state index is 13.4. The summed E-state index contributed by atoms with van der Waals surface area (Å²) < 4.78 is 16.4. The molecule has 1 aromatic heterocycles. The van der Waals surface area contributed by atoms with Crippen LogP contribution in [0, 0.1) is 0 Å². The van der Waals surface area contributed by atoms with Crippen molar-refractivity contribution in [3.05, 3.63) is 83.8 Å². The number of benzene rings is 2. The van der Waals surface area contributed by atoms with Crippen LogP contribution in [0.4, 0.5) is 0 Å². The van der Waals surface area contributed by atoms with Crippen LogP contribution in [0.5, 0.6) is 11.5 Å². The lowest BCUT2D eigenvalue weighted by Crippen LogP contribution is -2.39. The monoisotopic (exact) mass is 434 g/mol. The number of carbonyl (C=O) groups is 1. The third-order valence-electron chi connectivity index (χ3n) is 5.93. The summed E-state index contributed by atoms with van der Waals surface area (Å²) in [7, 11) is 3.26. The first-order valence-corrected chi connectivity index (χ1v) is 11.0. The highest BCUT2D eigenvalue weighted by Gasteiger charge is 2.31. The van der Waals surface area contributed by atoms with Crippen molar-refractivity contribution in [1.82, 2.24) is 9.80 Å². The molecule has 0 bridgehead atoms. The Labute approximate surface area is 189 Å². The van der Waals surface area contributed by atoms with Crippen molar-refractivity contribution in [3.63, 3.8) is 0 Å². The van der Waals surface area contributed by atoms with Gasteiger partial charge in [0.2, 0.25) is 5.91 Å². The van der Waals surface area contributed by atoms with Crippen molar-refractivity contribution in [2.75, 3.05) is 27.3 Å². The molecule has 6 heteroatoms. The fraction of sp³-hybridized carbons (Fsp3) is 0.346. The summed E-state index contributed by atoms with van der Waals surface area (Å²) >= 11 is 0. The van der Waals surface area contributed by atoms with Crippen molar-refractivity contribution in [2.24, 2.45) is 0 Å². The van der Waals surface area contributed by atoms with Gasteiger partial charge in [0, 0.05) is 13.1 Å². The number of likely N-dealkylation sites (tertiary alicyclic amines) is 1. The molecule has 3 aromatic rings. The first-order chi connectivity index (χ1) is 15.7. The smallest absolute Gasteiger partial charge is 0.237 e. The molecule has 0 saturated carbocycles. The Hall–Kier alpha value is -3.25. The van der Waals surface area contributed by atoms with Gasteiger partial charge in [0.1, 0.15) is 5.76 Å². The lowest BCUT2D eigenvalue weighted by molar-refractivity contribution is -0.133. The second-order valence-electron chi connectivity index (χ2n) is 8.07. The number of carbonyl (C=O) groups excluding carboxylic acids is 1. The lowest BCUT2D eigenvalue weighted by Gasteiger charge is -2.29. The predicted molar refractivity (Wildman–Crippen MR) is 122 cm³/mol. The molecule has 1 fully saturated rings. The second-order valence-corrected chi connectivity index (χ2v) is 8.07. The van der Waals surface area contributed by atoms with Crippen molar-refractivity contribution >= 4 is 5.91 Å². The number of hydrogen-bond donors (Lipinski definition) is 0. The average molecular weight is 435 g/mol. The zero-order valence-corrected chi connectivity index (χ0v) is 18.7. The topological polar surface area (TPSA) is 55.2 Å². The molecule has 32 heavy (non-hydrogen) atoms. The van der Waals surface area contributed by atoms with E-state index >= 15 is 0 Å². The van der Waals surface area contributed by atoms with Gasteiger partial charge in [-0.3, -0.25) is 9.69 Å². The molecule has 0 N–H and O–H groups in total. The molecule has 0 aliphatic carbocycles. The summed E-state index contributed by atoms with van der Waals surface area (Å²) in [5.74, 6) is 2.36. The normalized spacial score (nSPS) is 15.8. The summed E-state index contributed by atoms with van der Waals surface area (Å²) in [6, 6.07) is 20.0. The van der Waals surface area contributed by atoms with Crippen LogP contribution in [0.1, 0.15) is 35.8 Å². The van der Waals surface area contributed by atoms with E-state index in [1.165, 1.54) is 5.56 Å². The van der Waals surface area contributed by atoms with Crippen molar-refractivity contribution in [1.29, 1.82) is 0 Å². The quantitative estimate of drug-likeness (QED) is 0.490. The number of furan rings is 1. The molecule has 6 nitrogen and oxygen atoms in total. The van der Waals surface area contributed by atoms with Gasteiger partial charge in [-0.05, 0) is 48.2 Å². The largest absolute Gasteiger partial charge is 0.493 e. The van der Waals surface area contributed by atoms with E-state index in [2.05, 4.69) is 17.0 Å². The van der Waals surface area contributed by atoms with Gasteiger partial charge in [0.05, 0.1) is 39.6 Å². The number of methoxy groups -OCH3 is 2. The molecule has 2 aromatic carbocycles. The summed E-state index contributed by atoms with van der Waals surface area (Å²) in [6.07, 6.45) is 3.60. The predicted octanol–water partition coefficient (Wildman–Crippen LogP) is 4.66. The molecule has 1 unspecified atom stereocenters. The highest BCUT2D eigenvalue weighted by Crippen LogP contribution is 2.37. The van der Waals surface area contributed by atoms with Crippen LogP contribution >= 0.6 is 0 Å². The highest BCUT2D eigenvalue weighted by atomic mass is 16.5. The standard InChI is InChI=1S/C26H30N2O4/c1-30-24-13-12-21(16-25(24)31-2)23-11-6-14-28(23)26(29)19-27(18-22-10-7-15-32-22)17-20-8-4-3-5-9-20/h3-5,7-10,12-13,15-16,23H,6,11,14,17-19H2,1-2H3. The van der Waals surface area contributed by atoms with Crippen LogP contribution in [-0.2, 0) is 17.9 Å². The van der Waals surface area contributed by atoms with Crippen LogP contribution in [0.2, 0.25) is 0 Å². The Balaban J connectivity index is 1.50. The third-order valence-corrected chi connectivity index (χ3v) is 5.93. The Bertz CT molecular complexity index is 1000. The highest BCUT2D eigenvalue weighted by molar-refractivity contribution is 5.79. The van der Waals surface area contributed by atoms with E-state index in [1.807, 2.05) is 53.4 Å². The molecule has 4 rings (SSSR count). The third kappa shape index (κ3) is 5.14. The number of rotatable bonds is 9. The van der Waals surface area contributed by atoms with E-state index in [1.54, 1.807) is 20.5 Å². The Morgan fingerprint density at radius 3 is 2.56 bits per heavy atom. The van der Waals surface area contributed by atoms with Gasteiger partial charge in [-0.2, -0.15) is 0 Å². The second kappa shape index (κ2) is 10.4. The summed E-state index contributed by atoms with van der Waals surface area (Å²) in [5, 5.41) is 0. The van der Waals surface area contributed by atoms with Crippen LogP contribution in [0.25, 0.3) is 0 Å². The van der Waals surface area contributed by atoms with Crippen LogP contribution in [0.3, 0.4) is 0 Å². The minimum atomic E-state index is 0.0458. The Morgan fingerprint density at radius 1 is 1.03 bits per heavy atom. The van der Waals surface area contributed by atoms with E-state index in [0.29, 0.717) is 31.1 Å². The van der Waals surface area contributed by atoms with E-state index in [4.69, 9.17) is 13.9 Å². The maximum absolute atomic E-state index is 13.4. The van der Waals surface area contributed by atoms with Gasteiger partial charge in [-0.25, -0.2) is 0 Å². The Kier molecular flexibility index (Phi) is 7.12. The first kappa shape index (κ1) is 22.0. The molecule has 1 amide bonds. The lowest BCUT2D eigenvalue weighted by atomic mass is 10.0. The maximum Gasteiger partial charge on any atom is 0.237 e. The molecule has 2 heterocycles.